The summed E-state index contributed by atoms with van der Waals surface area (Å²) in [6, 6.07) is 18.2. The molecule has 2 aromatic rings. The fraction of sp³-hybridized carbons (Fsp3) is 0.333. The third-order valence-electron chi connectivity index (χ3n) is 3.40. The third kappa shape index (κ3) is 3.84. The molecule has 0 aliphatic heterocycles. The molecule has 0 aromatic heterocycles. The molecule has 2 rings (SSSR count). The van der Waals surface area contributed by atoms with Crippen LogP contribution in [-0.2, 0) is 6.61 Å². The van der Waals surface area contributed by atoms with Crippen molar-refractivity contribution < 1.29 is 4.74 Å². The van der Waals surface area contributed by atoms with Crippen molar-refractivity contribution in [2.24, 2.45) is 11.1 Å². The zero-order valence-electron chi connectivity index (χ0n) is 12.5. The van der Waals surface area contributed by atoms with Crippen LogP contribution < -0.4 is 10.5 Å². The summed E-state index contributed by atoms with van der Waals surface area (Å²) >= 11 is 0. The highest BCUT2D eigenvalue weighted by Crippen LogP contribution is 2.31. The first-order valence-corrected chi connectivity index (χ1v) is 6.99. The first-order chi connectivity index (χ1) is 9.47. The van der Waals surface area contributed by atoms with Crippen LogP contribution in [0.4, 0.5) is 0 Å². The molecule has 20 heavy (non-hydrogen) atoms. The van der Waals surface area contributed by atoms with Crippen LogP contribution in [0.1, 0.15) is 37.9 Å². The van der Waals surface area contributed by atoms with Crippen LogP contribution in [0, 0.1) is 5.41 Å². The summed E-state index contributed by atoms with van der Waals surface area (Å²) in [5.74, 6) is 0.867. The van der Waals surface area contributed by atoms with Gasteiger partial charge in [-0.1, -0.05) is 63.2 Å². The van der Waals surface area contributed by atoms with Crippen molar-refractivity contribution >= 4 is 0 Å². The first-order valence-electron chi connectivity index (χ1n) is 6.99. The van der Waals surface area contributed by atoms with Gasteiger partial charge >= 0.3 is 0 Å². The number of hydrogen-bond acceptors (Lipinski definition) is 2. The molecular weight excluding hydrogens is 246 g/mol. The second-order valence-corrected chi connectivity index (χ2v) is 6.19. The molecule has 2 aromatic carbocycles. The van der Waals surface area contributed by atoms with E-state index in [0.29, 0.717) is 6.61 Å². The Morgan fingerprint density at radius 1 is 1.00 bits per heavy atom. The van der Waals surface area contributed by atoms with Gasteiger partial charge in [-0.05, 0) is 28.7 Å². The van der Waals surface area contributed by atoms with Gasteiger partial charge in [-0.25, -0.2) is 0 Å². The minimum Gasteiger partial charge on any atom is -0.489 e. The van der Waals surface area contributed by atoms with Gasteiger partial charge in [0.05, 0.1) is 0 Å². The minimum atomic E-state index is 0.00257. The molecule has 0 bridgehead atoms. The molecule has 2 nitrogen and oxygen atoms in total. The second-order valence-electron chi connectivity index (χ2n) is 6.19. The van der Waals surface area contributed by atoms with Crippen molar-refractivity contribution in [1.29, 1.82) is 0 Å². The molecule has 0 saturated heterocycles. The van der Waals surface area contributed by atoms with Crippen molar-refractivity contribution in [2.45, 2.75) is 33.4 Å². The number of hydrogen-bond donors (Lipinski definition) is 1. The molecule has 2 N–H and O–H groups in total. The van der Waals surface area contributed by atoms with E-state index < -0.39 is 0 Å². The molecule has 0 spiro atoms. The highest BCUT2D eigenvalue weighted by Gasteiger charge is 2.22. The fourth-order valence-corrected chi connectivity index (χ4v) is 2.04. The summed E-state index contributed by atoms with van der Waals surface area (Å²) in [5, 5.41) is 0. The Balaban J connectivity index is 2.07. The van der Waals surface area contributed by atoms with Gasteiger partial charge < -0.3 is 10.5 Å². The monoisotopic (exact) mass is 269 g/mol. The molecule has 0 aliphatic rings. The van der Waals surface area contributed by atoms with Gasteiger partial charge in [-0.2, -0.15) is 0 Å². The van der Waals surface area contributed by atoms with Gasteiger partial charge in [-0.15, -0.1) is 0 Å². The smallest absolute Gasteiger partial charge is 0.120 e. The first kappa shape index (κ1) is 14.6. The van der Waals surface area contributed by atoms with Gasteiger partial charge in [0.15, 0.2) is 0 Å². The average Bonchev–Trinajstić information content (AvgIpc) is 2.45. The maximum absolute atomic E-state index is 6.29. The molecule has 106 valence electrons. The predicted molar refractivity (Wildman–Crippen MR) is 83.6 cm³/mol. The molecule has 0 heterocycles. The Labute approximate surface area is 121 Å². The van der Waals surface area contributed by atoms with E-state index in [9.17, 15) is 0 Å². The zero-order chi connectivity index (χ0) is 14.6. The number of nitrogens with two attached hydrogens (primary N) is 1. The highest BCUT2D eigenvalue weighted by molar-refractivity contribution is 5.31. The third-order valence-corrected chi connectivity index (χ3v) is 3.40. The van der Waals surface area contributed by atoms with Crippen LogP contribution in [0.5, 0.6) is 5.75 Å². The summed E-state index contributed by atoms with van der Waals surface area (Å²) in [6.07, 6.45) is 0. The molecule has 0 amide bonds. The lowest BCUT2D eigenvalue weighted by Crippen LogP contribution is -2.26. The normalized spacial score (nSPS) is 13.0. The van der Waals surface area contributed by atoms with Crippen molar-refractivity contribution in [1.82, 2.24) is 0 Å². The average molecular weight is 269 g/mol. The van der Waals surface area contributed by atoms with Crippen LogP contribution in [0.3, 0.4) is 0 Å². The molecule has 0 aliphatic carbocycles. The van der Waals surface area contributed by atoms with E-state index in [-0.39, 0.29) is 11.5 Å². The fourth-order valence-electron chi connectivity index (χ4n) is 2.04. The molecule has 1 atom stereocenters. The number of ether oxygens (including phenoxy) is 1. The molecule has 0 unspecified atom stereocenters. The maximum atomic E-state index is 6.29. The van der Waals surface area contributed by atoms with Gasteiger partial charge in [0, 0.05) is 6.04 Å². The van der Waals surface area contributed by atoms with Crippen molar-refractivity contribution in [3.63, 3.8) is 0 Å². The number of rotatable bonds is 4. The highest BCUT2D eigenvalue weighted by atomic mass is 16.5. The number of benzene rings is 2. The van der Waals surface area contributed by atoms with Gasteiger partial charge in [-0.3, -0.25) is 0 Å². The SMILES string of the molecule is CC(C)(C)[C@H](N)c1cccc(OCc2ccccc2)c1. The molecule has 2 heteroatoms. The summed E-state index contributed by atoms with van der Waals surface area (Å²) in [4.78, 5) is 0. The van der Waals surface area contributed by atoms with Crippen LogP contribution in [-0.4, -0.2) is 0 Å². The van der Waals surface area contributed by atoms with Crippen LogP contribution >= 0.6 is 0 Å². The van der Waals surface area contributed by atoms with Gasteiger partial charge in [0.1, 0.15) is 12.4 Å². The van der Waals surface area contributed by atoms with Crippen LogP contribution in [0.25, 0.3) is 0 Å². The summed E-state index contributed by atoms with van der Waals surface area (Å²) in [6.45, 7) is 7.02. The minimum absolute atomic E-state index is 0.00257. The maximum Gasteiger partial charge on any atom is 0.120 e. The Bertz CT molecular complexity index is 543. The van der Waals surface area contributed by atoms with Gasteiger partial charge in [0.25, 0.3) is 0 Å². The Hall–Kier alpha value is -1.80. The van der Waals surface area contributed by atoms with E-state index >= 15 is 0 Å². The van der Waals surface area contributed by atoms with Crippen LogP contribution in [0.2, 0.25) is 0 Å². The Morgan fingerprint density at radius 2 is 1.70 bits per heavy atom. The Kier molecular flexibility index (Phi) is 4.46. The molecule has 0 saturated carbocycles. The predicted octanol–water partition coefficient (Wildman–Crippen LogP) is 4.31. The Morgan fingerprint density at radius 3 is 2.35 bits per heavy atom. The molecule has 0 radical (unpaired) electrons. The second kappa shape index (κ2) is 6.10. The lowest BCUT2D eigenvalue weighted by atomic mass is 9.83. The lowest BCUT2D eigenvalue weighted by Gasteiger charge is -2.27. The lowest BCUT2D eigenvalue weighted by molar-refractivity contribution is 0.301. The largest absolute Gasteiger partial charge is 0.489 e. The quantitative estimate of drug-likeness (QED) is 0.897. The molecular formula is C18H23NO. The van der Waals surface area contributed by atoms with E-state index in [1.165, 1.54) is 0 Å². The summed E-state index contributed by atoms with van der Waals surface area (Å²) in [7, 11) is 0. The van der Waals surface area contributed by atoms with Crippen molar-refractivity contribution in [3.8, 4) is 5.75 Å². The molecule has 0 fully saturated rings. The van der Waals surface area contributed by atoms with Crippen molar-refractivity contribution in [3.05, 3.63) is 65.7 Å². The standard InChI is InChI=1S/C18H23NO/c1-18(2,3)17(19)15-10-7-11-16(12-15)20-13-14-8-5-4-6-9-14/h4-12,17H,13,19H2,1-3H3/t17-/m1/s1. The van der Waals surface area contributed by atoms with E-state index in [0.717, 1.165) is 16.9 Å². The van der Waals surface area contributed by atoms with E-state index in [4.69, 9.17) is 10.5 Å². The van der Waals surface area contributed by atoms with E-state index in [1.807, 2.05) is 36.4 Å². The summed E-state index contributed by atoms with van der Waals surface area (Å²) < 4.78 is 5.84. The summed E-state index contributed by atoms with van der Waals surface area (Å²) in [5.41, 5.74) is 8.61. The van der Waals surface area contributed by atoms with E-state index in [2.05, 4.69) is 39.0 Å². The van der Waals surface area contributed by atoms with Gasteiger partial charge in [0.2, 0.25) is 0 Å². The topological polar surface area (TPSA) is 35.2 Å². The zero-order valence-corrected chi connectivity index (χ0v) is 12.5. The van der Waals surface area contributed by atoms with Crippen molar-refractivity contribution in [2.75, 3.05) is 0 Å². The van der Waals surface area contributed by atoms with Crippen LogP contribution in [0.15, 0.2) is 54.6 Å². The van der Waals surface area contributed by atoms with E-state index in [1.54, 1.807) is 0 Å².